The molecule has 0 aromatic carbocycles. The molecule has 0 aliphatic rings. The van der Waals surface area contributed by atoms with E-state index in [1.54, 1.807) is 13.8 Å². The van der Waals surface area contributed by atoms with Gasteiger partial charge in [0.25, 0.3) is 0 Å². The van der Waals surface area contributed by atoms with E-state index >= 15 is 0 Å². The van der Waals surface area contributed by atoms with Crippen LogP contribution in [0.25, 0.3) is 0 Å². The quantitative estimate of drug-likeness (QED) is 0.693. The molecule has 1 atom stereocenters. The number of rotatable bonds is 3. The molecule has 0 aromatic heterocycles. The molecule has 1 unspecified atom stereocenters. The van der Waals surface area contributed by atoms with Crippen molar-refractivity contribution in [2.75, 3.05) is 6.61 Å². The Hall–Kier alpha value is -0.760. The lowest BCUT2D eigenvalue weighted by molar-refractivity contribution is -0.332. The van der Waals surface area contributed by atoms with E-state index in [4.69, 9.17) is 5.26 Å². The van der Waals surface area contributed by atoms with Crippen molar-refractivity contribution >= 4 is 0 Å². The third-order valence-electron chi connectivity index (χ3n) is 2.07. The molecule has 13 heavy (non-hydrogen) atoms. The number of halogens is 3. The van der Waals surface area contributed by atoms with E-state index in [1.165, 1.54) is 6.92 Å². The van der Waals surface area contributed by atoms with Gasteiger partial charge in [-0.05, 0) is 12.8 Å². The van der Waals surface area contributed by atoms with Crippen molar-refractivity contribution < 1.29 is 17.9 Å². The maximum absolute atomic E-state index is 11.7. The fourth-order valence-corrected chi connectivity index (χ4v) is 0.560. The van der Waals surface area contributed by atoms with E-state index in [2.05, 4.69) is 4.74 Å². The number of alkyl halides is 3. The molecule has 0 radical (unpaired) electrons. The van der Waals surface area contributed by atoms with Crippen LogP contribution >= 0.6 is 0 Å². The van der Waals surface area contributed by atoms with E-state index in [-0.39, 0.29) is 5.92 Å². The Kier molecular flexibility index (Phi) is 3.73. The summed E-state index contributed by atoms with van der Waals surface area (Å²) in [4.78, 5) is 0. The SMILES string of the molecule is CC(C)C(C)(C#N)COC(F)(F)F. The van der Waals surface area contributed by atoms with Gasteiger partial charge in [-0.25, -0.2) is 0 Å². The second-order valence-electron chi connectivity index (χ2n) is 3.42. The van der Waals surface area contributed by atoms with Gasteiger partial charge in [0.1, 0.15) is 0 Å². The molecule has 0 saturated carbocycles. The molecule has 2 nitrogen and oxygen atoms in total. The molecule has 0 fully saturated rings. The molecule has 0 bridgehead atoms. The van der Waals surface area contributed by atoms with Gasteiger partial charge in [0.2, 0.25) is 0 Å². The van der Waals surface area contributed by atoms with Crippen molar-refractivity contribution in [3.8, 4) is 6.07 Å². The monoisotopic (exact) mass is 195 g/mol. The maximum Gasteiger partial charge on any atom is 0.522 e. The summed E-state index contributed by atoms with van der Waals surface area (Å²) in [6.45, 7) is 4.19. The second-order valence-corrected chi connectivity index (χ2v) is 3.42. The van der Waals surface area contributed by atoms with Crippen LogP contribution in [0.5, 0.6) is 0 Å². The highest BCUT2D eigenvalue weighted by atomic mass is 19.4. The van der Waals surface area contributed by atoms with Gasteiger partial charge in [0.15, 0.2) is 0 Å². The van der Waals surface area contributed by atoms with Gasteiger partial charge in [-0.3, -0.25) is 4.74 Å². The Bertz CT molecular complexity index is 206. The topological polar surface area (TPSA) is 33.0 Å². The van der Waals surface area contributed by atoms with E-state index in [1.807, 2.05) is 6.07 Å². The third kappa shape index (κ3) is 4.13. The summed E-state index contributed by atoms with van der Waals surface area (Å²) in [6.07, 6.45) is -4.66. The highest BCUT2D eigenvalue weighted by Crippen LogP contribution is 2.29. The standard InChI is InChI=1S/C8H12F3NO/c1-6(2)7(3,4-12)5-13-8(9,10)11/h6H,5H2,1-3H3. The first-order valence-electron chi connectivity index (χ1n) is 3.83. The Labute approximate surface area is 75.3 Å². The van der Waals surface area contributed by atoms with Crippen LogP contribution in [0.3, 0.4) is 0 Å². The smallest absolute Gasteiger partial charge is 0.290 e. The van der Waals surface area contributed by atoms with Crippen molar-refractivity contribution in [1.82, 2.24) is 0 Å². The van der Waals surface area contributed by atoms with E-state index in [9.17, 15) is 13.2 Å². The Balaban J connectivity index is 4.25. The zero-order chi connectivity index (χ0) is 10.7. The summed E-state index contributed by atoms with van der Waals surface area (Å²) in [7, 11) is 0. The van der Waals surface area contributed by atoms with Crippen LogP contribution in [0.15, 0.2) is 0 Å². The number of nitriles is 1. The third-order valence-corrected chi connectivity index (χ3v) is 2.07. The second kappa shape index (κ2) is 3.97. The minimum Gasteiger partial charge on any atom is -0.290 e. The van der Waals surface area contributed by atoms with Gasteiger partial charge in [-0.15, -0.1) is 13.2 Å². The van der Waals surface area contributed by atoms with E-state index < -0.39 is 18.4 Å². The summed E-state index contributed by atoms with van der Waals surface area (Å²) in [5, 5.41) is 8.66. The molecule has 0 aliphatic heterocycles. The fraction of sp³-hybridized carbons (Fsp3) is 0.875. The van der Waals surface area contributed by atoms with Crippen LogP contribution in [0.1, 0.15) is 20.8 Å². The molecular weight excluding hydrogens is 183 g/mol. The van der Waals surface area contributed by atoms with E-state index in [0.717, 1.165) is 0 Å². The van der Waals surface area contributed by atoms with Crippen molar-refractivity contribution in [1.29, 1.82) is 5.26 Å². The average Bonchev–Trinajstić information content (AvgIpc) is 1.98. The molecule has 0 heterocycles. The number of ether oxygens (including phenoxy) is 1. The fourth-order valence-electron chi connectivity index (χ4n) is 0.560. The number of hydrogen-bond donors (Lipinski definition) is 0. The molecule has 5 heteroatoms. The summed E-state index contributed by atoms with van der Waals surface area (Å²) < 4.78 is 38.6. The largest absolute Gasteiger partial charge is 0.522 e. The molecular formula is C8H12F3NO. The zero-order valence-electron chi connectivity index (χ0n) is 7.77. The van der Waals surface area contributed by atoms with Gasteiger partial charge < -0.3 is 0 Å². The number of hydrogen-bond acceptors (Lipinski definition) is 2. The maximum atomic E-state index is 11.7. The first-order valence-corrected chi connectivity index (χ1v) is 3.83. The lowest BCUT2D eigenvalue weighted by Crippen LogP contribution is -2.31. The molecule has 0 N–H and O–H groups in total. The van der Waals surface area contributed by atoms with Gasteiger partial charge in [-0.1, -0.05) is 13.8 Å². The average molecular weight is 195 g/mol. The van der Waals surface area contributed by atoms with Gasteiger partial charge in [-0.2, -0.15) is 5.26 Å². The molecule has 0 aliphatic carbocycles. The molecule has 0 spiro atoms. The predicted molar refractivity (Wildman–Crippen MR) is 40.6 cm³/mol. The van der Waals surface area contributed by atoms with Crippen molar-refractivity contribution in [3.63, 3.8) is 0 Å². The Morgan fingerprint density at radius 2 is 1.85 bits per heavy atom. The van der Waals surface area contributed by atoms with Crippen LogP contribution < -0.4 is 0 Å². The summed E-state index contributed by atoms with van der Waals surface area (Å²) >= 11 is 0. The normalized spacial score (nSPS) is 16.8. The van der Waals surface area contributed by atoms with Crippen LogP contribution in [0.2, 0.25) is 0 Å². The van der Waals surface area contributed by atoms with Crippen molar-refractivity contribution in [3.05, 3.63) is 0 Å². The molecule has 0 rings (SSSR count). The van der Waals surface area contributed by atoms with E-state index in [0.29, 0.717) is 0 Å². The highest BCUT2D eigenvalue weighted by molar-refractivity contribution is 4.97. The summed E-state index contributed by atoms with van der Waals surface area (Å²) in [6, 6.07) is 1.83. The van der Waals surface area contributed by atoms with Crippen LogP contribution in [0, 0.1) is 22.7 Å². The van der Waals surface area contributed by atoms with Crippen molar-refractivity contribution in [2.24, 2.45) is 11.3 Å². The highest BCUT2D eigenvalue weighted by Gasteiger charge is 2.36. The summed E-state index contributed by atoms with van der Waals surface area (Å²) in [5.74, 6) is -0.181. The van der Waals surface area contributed by atoms with Crippen molar-refractivity contribution in [2.45, 2.75) is 27.1 Å². The van der Waals surface area contributed by atoms with Crippen LogP contribution in [0.4, 0.5) is 13.2 Å². The Morgan fingerprint density at radius 3 is 2.08 bits per heavy atom. The first-order chi connectivity index (χ1) is 5.71. The van der Waals surface area contributed by atoms with Crippen LogP contribution in [-0.2, 0) is 4.74 Å². The zero-order valence-corrected chi connectivity index (χ0v) is 7.77. The first kappa shape index (κ1) is 12.2. The lowest BCUT2D eigenvalue weighted by Gasteiger charge is -2.25. The molecule has 76 valence electrons. The van der Waals surface area contributed by atoms with Gasteiger partial charge in [0.05, 0.1) is 18.1 Å². The minimum atomic E-state index is -4.66. The Morgan fingerprint density at radius 1 is 1.38 bits per heavy atom. The summed E-state index contributed by atoms with van der Waals surface area (Å²) in [5.41, 5.74) is -1.09. The lowest BCUT2D eigenvalue weighted by atomic mass is 9.81. The molecule has 0 saturated heterocycles. The van der Waals surface area contributed by atoms with Gasteiger partial charge in [0, 0.05) is 0 Å². The molecule has 0 aromatic rings. The predicted octanol–water partition coefficient (Wildman–Crippen LogP) is 2.71. The van der Waals surface area contributed by atoms with Gasteiger partial charge >= 0.3 is 6.36 Å². The minimum absolute atomic E-state index is 0.181. The number of nitrogens with zero attached hydrogens (tertiary/aromatic N) is 1. The molecule has 0 amide bonds. The van der Waals surface area contributed by atoms with Crippen LogP contribution in [-0.4, -0.2) is 13.0 Å².